The van der Waals surface area contributed by atoms with Crippen LogP contribution in [0, 0.1) is 11.3 Å². The number of thiazole rings is 1. The minimum absolute atomic E-state index is 0.129. The van der Waals surface area contributed by atoms with E-state index < -0.39 is 11.6 Å². The summed E-state index contributed by atoms with van der Waals surface area (Å²) in [5.41, 5.74) is 4.29. The number of rotatable bonds is 7. The van der Waals surface area contributed by atoms with Gasteiger partial charge in [-0.25, -0.2) is 19.7 Å². The van der Waals surface area contributed by atoms with Crippen LogP contribution in [0.4, 0.5) is 16.8 Å². The highest BCUT2D eigenvalue weighted by molar-refractivity contribution is 7.22. The molecular formula is C40H41N7O3S. The number of nitrogens with zero attached hydrogens (tertiary/aromatic N) is 6. The molecule has 1 amide bonds. The predicted molar refractivity (Wildman–Crippen MR) is 201 cm³/mol. The Balaban J connectivity index is 1.22. The van der Waals surface area contributed by atoms with E-state index in [1.54, 1.807) is 12.3 Å². The molecule has 0 spiro atoms. The summed E-state index contributed by atoms with van der Waals surface area (Å²) in [5.74, 6) is 0.390. The lowest BCUT2D eigenvalue weighted by Gasteiger charge is -2.33. The van der Waals surface area contributed by atoms with Crippen LogP contribution in [0.5, 0.6) is 0 Å². The molecule has 0 bridgehead atoms. The summed E-state index contributed by atoms with van der Waals surface area (Å²) in [6.07, 6.45) is 8.03. The number of benzene rings is 2. The first-order chi connectivity index (χ1) is 24.6. The molecule has 3 aromatic heterocycles. The highest BCUT2D eigenvalue weighted by atomic mass is 32.1. The van der Waals surface area contributed by atoms with Crippen molar-refractivity contribution in [1.82, 2.24) is 15.0 Å². The van der Waals surface area contributed by atoms with Crippen LogP contribution in [0.3, 0.4) is 0 Å². The van der Waals surface area contributed by atoms with Gasteiger partial charge in [0.1, 0.15) is 28.9 Å². The van der Waals surface area contributed by atoms with Crippen LogP contribution >= 0.6 is 11.3 Å². The molecule has 260 valence electrons. The average molecular weight is 700 g/mol. The Hall–Kier alpha value is -5.34. The first-order valence-corrected chi connectivity index (χ1v) is 18.3. The molecule has 1 N–H and O–H groups in total. The summed E-state index contributed by atoms with van der Waals surface area (Å²) in [7, 11) is 2.00. The number of fused-ring (bicyclic) bond motifs is 2. The molecular weight excluding hydrogens is 659 g/mol. The van der Waals surface area contributed by atoms with Gasteiger partial charge in [0.15, 0.2) is 10.8 Å². The second kappa shape index (κ2) is 14.1. The Labute approximate surface area is 302 Å². The predicted octanol–water partition coefficient (Wildman–Crippen LogP) is 8.16. The Morgan fingerprint density at radius 2 is 1.80 bits per heavy atom. The van der Waals surface area contributed by atoms with Crippen molar-refractivity contribution in [2.75, 3.05) is 28.7 Å². The Morgan fingerprint density at radius 3 is 2.57 bits per heavy atom. The largest absolute Gasteiger partial charge is 0.455 e. The average Bonchev–Trinajstić information content (AvgIpc) is 3.55. The summed E-state index contributed by atoms with van der Waals surface area (Å²) in [6.45, 7) is 6.53. The van der Waals surface area contributed by atoms with Crippen molar-refractivity contribution in [3.05, 3.63) is 94.8 Å². The Morgan fingerprint density at radius 1 is 1.00 bits per heavy atom. The molecule has 1 aliphatic carbocycles. The topological polar surface area (TPSA) is 124 Å². The van der Waals surface area contributed by atoms with Gasteiger partial charge >= 0.3 is 5.97 Å². The lowest BCUT2D eigenvalue weighted by molar-refractivity contribution is 0.00638. The third kappa shape index (κ3) is 7.14. The summed E-state index contributed by atoms with van der Waals surface area (Å²) in [4.78, 5) is 45.9. The molecule has 2 aromatic carbocycles. The molecule has 11 heteroatoms. The maximum Gasteiger partial charge on any atom is 0.358 e. The third-order valence-electron chi connectivity index (χ3n) is 9.62. The number of nitriles is 1. The zero-order valence-corrected chi connectivity index (χ0v) is 30.2. The van der Waals surface area contributed by atoms with Crippen molar-refractivity contribution in [3.63, 3.8) is 0 Å². The highest BCUT2D eigenvalue weighted by Crippen LogP contribution is 2.36. The van der Waals surface area contributed by atoms with Gasteiger partial charge in [-0.2, -0.15) is 5.26 Å². The van der Waals surface area contributed by atoms with Crippen molar-refractivity contribution in [2.45, 2.75) is 77.5 Å². The molecule has 0 atom stereocenters. The van der Waals surface area contributed by atoms with Crippen LogP contribution in [0.2, 0.25) is 0 Å². The molecule has 1 saturated carbocycles. The van der Waals surface area contributed by atoms with Gasteiger partial charge in [-0.3, -0.25) is 10.1 Å². The number of ether oxygens (including phenoxy) is 1. The first kappa shape index (κ1) is 34.1. The number of esters is 1. The van der Waals surface area contributed by atoms with Gasteiger partial charge in [0.25, 0.3) is 5.91 Å². The Kier molecular flexibility index (Phi) is 9.44. The van der Waals surface area contributed by atoms with E-state index in [-0.39, 0.29) is 11.6 Å². The molecule has 0 radical (unpaired) electrons. The number of aromatic nitrogens is 3. The quantitative estimate of drug-likeness (QED) is 0.168. The number of carbonyl (C=O) groups excluding carboxylic acids is 2. The lowest BCUT2D eigenvalue weighted by atomic mass is 9.93. The molecule has 1 aliphatic heterocycles. The lowest BCUT2D eigenvalue weighted by Crippen LogP contribution is -2.34. The molecule has 51 heavy (non-hydrogen) atoms. The fourth-order valence-electron chi connectivity index (χ4n) is 7.10. The van der Waals surface area contributed by atoms with Gasteiger partial charge in [-0.05, 0) is 87.6 Å². The monoisotopic (exact) mass is 699 g/mol. The number of amides is 1. The number of nitrogens with one attached hydrogen (secondary N) is 1. The van der Waals surface area contributed by atoms with Crippen LogP contribution in [0.1, 0.15) is 90.4 Å². The van der Waals surface area contributed by atoms with Crippen LogP contribution in [-0.2, 0) is 17.7 Å². The summed E-state index contributed by atoms with van der Waals surface area (Å²) in [5, 5.41) is 14.0. The van der Waals surface area contributed by atoms with Crippen molar-refractivity contribution in [3.8, 4) is 17.2 Å². The van der Waals surface area contributed by atoms with Crippen molar-refractivity contribution in [2.24, 2.45) is 0 Å². The van der Waals surface area contributed by atoms with Crippen molar-refractivity contribution < 1.29 is 14.3 Å². The molecule has 0 saturated heterocycles. The minimum Gasteiger partial charge on any atom is -0.455 e. The van der Waals surface area contributed by atoms with Gasteiger partial charge in [0.2, 0.25) is 0 Å². The molecule has 2 aliphatic rings. The maximum atomic E-state index is 13.9. The normalized spacial score (nSPS) is 14.8. The van der Waals surface area contributed by atoms with Gasteiger partial charge in [0, 0.05) is 49.1 Å². The fraction of sp³-hybridized carbons (Fsp3) is 0.350. The first-order valence-electron chi connectivity index (χ1n) is 17.5. The second-order valence-corrected chi connectivity index (χ2v) is 15.2. The molecule has 0 unspecified atom stereocenters. The third-order valence-corrected chi connectivity index (χ3v) is 10.6. The van der Waals surface area contributed by atoms with E-state index in [1.807, 2.05) is 76.3 Å². The van der Waals surface area contributed by atoms with Gasteiger partial charge in [-0.15, -0.1) is 0 Å². The number of carbonyl (C=O) groups is 2. The van der Waals surface area contributed by atoms with E-state index in [0.29, 0.717) is 64.6 Å². The van der Waals surface area contributed by atoms with E-state index in [0.717, 1.165) is 47.0 Å². The molecule has 1 fully saturated rings. The fourth-order valence-corrected chi connectivity index (χ4v) is 7.96. The van der Waals surface area contributed by atoms with Gasteiger partial charge in [0.05, 0.1) is 10.2 Å². The number of hydrogen-bond donors (Lipinski definition) is 1. The standard InChI is InChI=1S/C40H41N7O3S/c1-40(2,3)50-38(49)35-28(27-19-21-42-36(30(27)23-41)46(4)26-12-6-5-7-13-26)17-18-34(44-35)47-22-20-25-11-10-14-29(31(25)24-47)37(48)45-39-43-32-15-8-9-16-33(32)51-39/h8-11,14-19,21,26H,5-7,12-13,20,22,24H2,1-4H3,(H,43,45,48). The van der Waals surface area contributed by atoms with E-state index >= 15 is 0 Å². The van der Waals surface area contributed by atoms with E-state index in [9.17, 15) is 14.9 Å². The molecule has 7 rings (SSSR count). The van der Waals surface area contributed by atoms with Crippen LogP contribution in [-0.4, -0.2) is 52.1 Å². The number of hydrogen-bond acceptors (Lipinski definition) is 10. The SMILES string of the molecule is CN(c1nccc(-c2ccc(N3CCc4cccc(C(=O)Nc5nc6ccccc6s5)c4C3)nc2C(=O)OC(C)(C)C)c1C#N)C1CCCCC1. The number of pyridine rings is 2. The van der Waals surface area contributed by atoms with Gasteiger partial charge < -0.3 is 14.5 Å². The van der Waals surface area contributed by atoms with Crippen molar-refractivity contribution in [1.29, 1.82) is 5.26 Å². The number of anilines is 3. The van der Waals surface area contributed by atoms with E-state index in [2.05, 4.69) is 37.2 Å². The second-order valence-electron chi connectivity index (χ2n) is 14.2. The summed E-state index contributed by atoms with van der Waals surface area (Å²) in [6, 6.07) is 21.8. The molecule has 10 nitrogen and oxygen atoms in total. The molecule has 5 aromatic rings. The maximum absolute atomic E-state index is 13.9. The minimum atomic E-state index is -0.760. The summed E-state index contributed by atoms with van der Waals surface area (Å²) < 4.78 is 6.88. The molecule has 4 heterocycles. The van der Waals surface area contributed by atoms with E-state index in [4.69, 9.17) is 9.72 Å². The van der Waals surface area contributed by atoms with Crippen molar-refractivity contribution >= 4 is 50.2 Å². The van der Waals surface area contributed by atoms with Crippen LogP contribution < -0.4 is 15.1 Å². The smallest absolute Gasteiger partial charge is 0.358 e. The Bertz CT molecular complexity index is 2130. The van der Waals surface area contributed by atoms with Crippen LogP contribution in [0.25, 0.3) is 21.3 Å². The van der Waals surface area contributed by atoms with Gasteiger partial charge in [-0.1, -0.05) is 54.9 Å². The highest BCUT2D eigenvalue weighted by Gasteiger charge is 2.29. The zero-order valence-electron chi connectivity index (χ0n) is 29.4. The zero-order chi connectivity index (χ0) is 35.7. The van der Waals surface area contributed by atoms with Crippen LogP contribution in [0.15, 0.2) is 66.9 Å². The van der Waals surface area contributed by atoms with E-state index in [1.165, 1.54) is 17.8 Å². The number of para-hydroxylation sites is 1. The summed E-state index contributed by atoms with van der Waals surface area (Å²) >= 11 is 1.44.